The zero-order valence-corrected chi connectivity index (χ0v) is 18.4. The van der Waals surface area contributed by atoms with Gasteiger partial charge in [0.2, 0.25) is 5.91 Å². The number of likely N-dealkylation sites (tertiary alicyclic amines) is 1. The zero-order valence-electron chi connectivity index (χ0n) is 18.4. The molecule has 0 spiro atoms. The van der Waals surface area contributed by atoms with Gasteiger partial charge in [0.25, 0.3) is 0 Å². The molecule has 2 rings (SSSR count). The number of aliphatic imine (C=N–C) groups is 1. The second kappa shape index (κ2) is 12.3. The summed E-state index contributed by atoms with van der Waals surface area (Å²) in [6.45, 7) is 16.5. The summed E-state index contributed by atoms with van der Waals surface area (Å²) in [6, 6.07) is 0. The van der Waals surface area contributed by atoms with Gasteiger partial charge in [0, 0.05) is 52.2 Å². The summed E-state index contributed by atoms with van der Waals surface area (Å²) in [4.78, 5) is 21.6. The van der Waals surface area contributed by atoms with E-state index in [9.17, 15) is 4.79 Å². The Morgan fingerprint density at radius 1 is 1.25 bits per heavy atom. The average molecular weight is 396 g/mol. The first-order chi connectivity index (χ1) is 13.5. The third kappa shape index (κ3) is 8.35. The molecule has 0 radical (unpaired) electrons. The Morgan fingerprint density at radius 2 is 2.07 bits per heavy atom. The quantitative estimate of drug-likeness (QED) is 0.482. The van der Waals surface area contributed by atoms with Crippen LogP contribution in [-0.2, 0) is 9.53 Å². The molecule has 2 unspecified atom stereocenters. The number of piperidine rings is 1. The van der Waals surface area contributed by atoms with E-state index in [4.69, 9.17) is 9.73 Å². The van der Waals surface area contributed by atoms with E-state index >= 15 is 0 Å². The number of nitrogens with one attached hydrogen (secondary N) is 2. The molecule has 0 aromatic rings. The lowest BCUT2D eigenvalue weighted by Crippen LogP contribution is -2.46. The Labute approximate surface area is 171 Å². The van der Waals surface area contributed by atoms with Gasteiger partial charge in [-0.15, -0.1) is 0 Å². The number of rotatable bonds is 8. The molecule has 7 nitrogen and oxygen atoms in total. The molecule has 2 heterocycles. The van der Waals surface area contributed by atoms with Crippen molar-refractivity contribution in [3.8, 4) is 0 Å². The Balaban J connectivity index is 1.74. The molecular formula is C21H41N5O2. The van der Waals surface area contributed by atoms with Crippen molar-refractivity contribution < 1.29 is 9.53 Å². The van der Waals surface area contributed by atoms with Crippen molar-refractivity contribution in [3.63, 3.8) is 0 Å². The van der Waals surface area contributed by atoms with Crippen molar-refractivity contribution in [2.45, 2.75) is 53.1 Å². The van der Waals surface area contributed by atoms with E-state index < -0.39 is 0 Å². The third-order valence-electron chi connectivity index (χ3n) is 5.28. The summed E-state index contributed by atoms with van der Waals surface area (Å²) in [5.41, 5.74) is 0. The van der Waals surface area contributed by atoms with Crippen LogP contribution in [-0.4, -0.2) is 86.7 Å². The predicted octanol–water partition coefficient (Wildman–Crippen LogP) is 1.55. The summed E-state index contributed by atoms with van der Waals surface area (Å²) < 4.78 is 5.89. The highest BCUT2D eigenvalue weighted by atomic mass is 16.5. The topological polar surface area (TPSA) is 69.2 Å². The minimum Gasteiger partial charge on any atom is -0.374 e. The molecule has 0 saturated carbocycles. The van der Waals surface area contributed by atoms with Gasteiger partial charge >= 0.3 is 0 Å². The molecule has 1 amide bonds. The number of hydrogen-bond donors (Lipinski definition) is 2. The molecule has 0 aliphatic carbocycles. The van der Waals surface area contributed by atoms with E-state index in [0.717, 1.165) is 58.3 Å². The van der Waals surface area contributed by atoms with Gasteiger partial charge < -0.3 is 20.3 Å². The molecule has 0 aromatic carbocycles. The second-order valence-electron chi connectivity index (χ2n) is 8.63. The number of amides is 1. The van der Waals surface area contributed by atoms with Crippen LogP contribution in [0.15, 0.2) is 4.99 Å². The van der Waals surface area contributed by atoms with Gasteiger partial charge in [-0.05, 0) is 31.6 Å². The Morgan fingerprint density at radius 3 is 2.79 bits per heavy atom. The van der Waals surface area contributed by atoms with Gasteiger partial charge in [0.15, 0.2) is 5.96 Å². The fourth-order valence-electron chi connectivity index (χ4n) is 3.97. The largest absolute Gasteiger partial charge is 0.374 e. The number of hydrogen-bond acceptors (Lipinski definition) is 4. The van der Waals surface area contributed by atoms with Crippen molar-refractivity contribution in [1.82, 2.24) is 20.4 Å². The molecule has 2 saturated heterocycles. The summed E-state index contributed by atoms with van der Waals surface area (Å²) in [6.07, 6.45) is 3.01. The van der Waals surface area contributed by atoms with Gasteiger partial charge in [-0.2, -0.15) is 0 Å². The van der Waals surface area contributed by atoms with Crippen molar-refractivity contribution in [1.29, 1.82) is 0 Å². The highest BCUT2D eigenvalue weighted by molar-refractivity contribution is 5.81. The summed E-state index contributed by atoms with van der Waals surface area (Å²) >= 11 is 0. The first-order valence-electron chi connectivity index (χ1n) is 11.1. The van der Waals surface area contributed by atoms with Crippen LogP contribution in [0.4, 0.5) is 0 Å². The summed E-state index contributed by atoms with van der Waals surface area (Å²) in [5.74, 6) is 2.30. The van der Waals surface area contributed by atoms with Gasteiger partial charge in [-0.25, -0.2) is 0 Å². The standard InChI is InChI=1S/C21H41N5O2/c1-5-22-21(23-9-8-20(27)26-10-6-7-18(4)15-26)24-13-19-16-25(11-12-28-19)14-17(2)3/h17-19H,5-16H2,1-4H3,(H2,22,23,24). The highest BCUT2D eigenvalue weighted by Crippen LogP contribution is 2.15. The molecule has 2 fully saturated rings. The van der Waals surface area contributed by atoms with Crippen molar-refractivity contribution in [2.24, 2.45) is 16.8 Å². The third-order valence-corrected chi connectivity index (χ3v) is 5.28. The fourth-order valence-corrected chi connectivity index (χ4v) is 3.97. The van der Waals surface area contributed by atoms with Gasteiger partial charge in [0.1, 0.15) is 0 Å². The molecule has 2 atom stereocenters. The van der Waals surface area contributed by atoms with Crippen molar-refractivity contribution in [3.05, 3.63) is 0 Å². The lowest BCUT2D eigenvalue weighted by molar-refractivity contribution is -0.132. The molecular weight excluding hydrogens is 354 g/mol. The molecule has 2 aliphatic rings. The van der Waals surface area contributed by atoms with Crippen LogP contribution < -0.4 is 10.6 Å². The first kappa shape index (κ1) is 22.9. The molecule has 2 aliphatic heterocycles. The van der Waals surface area contributed by atoms with Crippen molar-refractivity contribution >= 4 is 11.9 Å². The molecule has 2 N–H and O–H groups in total. The maximum Gasteiger partial charge on any atom is 0.224 e. The SMILES string of the molecule is CCNC(=NCC1CN(CC(C)C)CCO1)NCCC(=O)N1CCCC(C)C1. The Bertz CT molecular complexity index is 497. The van der Waals surface area contributed by atoms with E-state index in [-0.39, 0.29) is 12.0 Å². The molecule has 162 valence electrons. The molecule has 0 bridgehead atoms. The smallest absolute Gasteiger partial charge is 0.224 e. The van der Waals surface area contributed by atoms with Gasteiger partial charge in [-0.1, -0.05) is 20.8 Å². The summed E-state index contributed by atoms with van der Waals surface area (Å²) in [5, 5.41) is 6.58. The van der Waals surface area contributed by atoms with E-state index in [1.807, 2.05) is 4.90 Å². The van der Waals surface area contributed by atoms with E-state index in [1.165, 1.54) is 6.42 Å². The minimum absolute atomic E-state index is 0.138. The molecule has 28 heavy (non-hydrogen) atoms. The molecule has 7 heteroatoms. The number of guanidine groups is 1. The fraction of sp³-hybridized carbons (Fsp3) is 0.905. The van der Waals surface area contributed by atoms with Crippen LogP contribution >= 0.6 is 0 Å². The van der Waals surface area contributed by atoms with E-state index in [2.05, 4.69) is 43.2 Å². The number of carbonyl (C=O) groups excluding carboxylic acids is 1. The number of ether oxygens (including phenoxy) is 1. The maximum atomic E-state index is 12.4. The van der Waals surface area contributed by atoms with Crippen LogP contribution in [0.5, 0.6) is 0 Å². The average Bonchev–Trinajstić information content (AvgIpc) is 2.66. The lowest BCUT2D eigenvalue weighted by atomic mass is 10.00. The van der Waals surface area contributed by atoms with E-state index in [0.29, 0.717) is 31.3 Å². The Kier molecular flexibility index (Phi) is 10.1. The van der Waals surface area contributed by atoms with Crippen molar-refractivity contribution in [2.75, 3.05) is 59.0 Å². The second-order valence-corrected chi connectivity index (χ2v) is 8.63. The number of nitrogens with zero attached hydrogens (tertiary/aromatic N) is 3. The minimum atomic E-state index is 0.138. The Hall–Kier alpha value is -1.34. The van der Waals surface area contributed by atoms with Crippen LogP contribution in [0, 0.1) is 11.8 Å². The zero-order chi connectivity index (χ0) is 20.4. The summed E-state index contributed by atoms with van der Waals surface area (Å²) in [7, 11) is 0. The van der Waals surface area contributed by atoms with Crippen LogP contribution in [0.2, 0.25) is 0 Å². The van der Waals surface area contributed by atoms with Gasteiger partial charge in [0.05, 0.1) is 19.3 Å². The first-order valence-corrected chi connectivity index (χ1v) is 11.1. The monoisotopic (exact) mass is 395 g/mol. The molecule has 0 aromatic heterocycles. The normalized spacial score (nSPS) is 24.5. The predicted molar refractivity (Wildman–Crippen MR) is 115 cm³/mol. The van der Waals surface area contributed by atoms with Crippen LogP contribution in [0.3, 0.4) is 0 Å². The number of carbonyl (C=O) groups is 1. The van der Waals surface area contributed by atoms with Crippen LogP contribution in [0.1, 0.15) is 47.0 Å². The van der Waals surface area contributed by atoms with E-state index in [1.54, 1.807) is 0 Å². The lowest BCUT2D eigenvalue weighted by Gasteiger charge is -2.33. The maximum absolute atomic E-state index is 12.4. The highest BCUT2D eigenvalue weighted by Gasteiger charge is 2.22. The van der Waals surface area contributed by atoms with Crippen LogP contribution in [0.25, 0.3) is 0 Å². The number of morpholine rings is 1. The van der Waals surface area contributed by atoms with Gasteiger partial charge in [-0.3, -0.25) is 14.7 Å².